The summed E-state index contributed by atoms with van der Waals surface area (Å²) in [6.07, 6.45) is 0.244. The van der Waals surface area contributed by atoms with Gasteiger partial charge in [-0.1, -0.05) is 35.9 Å². The Bertz CT molecular complexity index is 747. The van der Waals surface area contributed by atoms with Gasteiger partial charge in [0.15, 0.2) is 0 Å². The van der Waals surface area contributed by atoms with E-state index in [-0.39, 0.29) is 18.2 Å². The average molecular weight is 359 g/mol. The van der Waals surface area contributed by atoms with E-state index in [1.807, 2.05) is 50.2 Å². The van der Waals surface area contributed by atoms with Crippen LogP contribution in [0.4, 0.5) is 11.4 Å². The third-order valence-corrected chi connectivity index (χ3v) is 4.31. The summed E-state index contributed by atoms with van der Waals surface area (Å²) in [6, 6.07) is 15.0. The van der Waals surface area contributed by atoms with Crippen molar-refractivity contribution in [3.05, 3.63) is 59.1 Å². The lowest BCUT2D eigenvalue weighted by molar-refractivity contribution is -0.118. The van der Waals surface area contributed by atoms with E-state index in [1.165, 1.54) is 6.92 Å². The second kappa shape index (κ2) is 8.67. The van der Waals surface area contributed by atoms with Crippen molar-refractivity contribution in [2.45, 2.75) is 27.2 Å². The summed E-state index contributed by atoms with van der Waals surface area (Å²) in [5.41, 5.74) is 2.56. The van der Waals surface area contributed by atoms with Gasteiger partial charge in [0.05, 0.1) is 0 Å². The molecule has 5 heteroatoms. The highest BCUT2D eigenvalue weighted by atomic mass is 35.5. The number of amides is 2. The minimum Gasteiger partial charge on any atom is -0.313 e. The third-order valence-electron chi connectivity index (χ3n) is 4.08. The Hall–Kier alpha value is -2.33. The molecular weight excluding hydrogens is 336 g/mol. The molecule has 25 heavy (non-hydrogen) atoms. The highest BCUT2D eigenvalue weighted by Crippen LogP contribution is 2.25. The van der Waals surface area contributed by atoms with Crippen LogP contribution in [0, 0.1) is 6.92 Å². The van der Waals surface area contributed by atoms with E-state index < -0.39 is 0 Å². The molecule has 0 radical (unpaired) electrons. The van der Waals surface area contributed by atoms with Gasteiger partial charge in [-0.15, -0.1) is 0 Å². The number of halogens is 1. The number of hydrogen-bond acceptors (Lipinski definition) is 2. The molecule has 0 spiro atoms. The summed E-state index contributed by atoms with van der Waals surface area (Å²) in [5, 5.41) is 0.567. The molecule has 132 valence electrons. The van der Waals surface area contributed by atoms with Gasteiger partial charge in [0.1, 0.15) is 0 Å². The van der Waals surface area contributed by atoms with Gasteiger partial charge in [-0.25, -0.2) is 0 Å². The number of nitrogens with zero attached hydrogens (tertiary/aromatic N) is 2. The predicted octanol–water partition coefficient (Wildman–Crippen LogP) is 4.44. The number of benzene rings is 2. The molecule has 0 fully saturated rings. The highest BCUT2D eigenvalue weighted by Gasteiger charge is 2.19. The topological polar surface area (TPSA) is 40.6 Å². The molecule has 0 unspecified atom stereocenters. The third kappa shape index (κ3) is 4.83. The summed E-state index contributed by atoms with van der Waals surface area (Å²) in [5.74, 6) is -0.124. The maximum absolute atomic E-state index is 12.6. The molecule has 0 aliphatic rings. The lowest BCUT2D eigenvalue weighted by atomic mass is 10.1. The standard InChI is InChI=1S/C20H23ClN2O2/c1-4-22(18-8-6-5-7-9-18)20(25)12-13-23(16(3)24)19-14-17(21)11-10-15(19)2/h5-11,14H,4,12-13H2,1-3H3. The minimum absolute atomic E-state index is 0.0142. The molecule has 0 atom stereocenters. The van der Waals surface area contributed by atoms with Gasteiger partial charge in [-0.2, -0.15) is 0 Å². The van der Waals surface area contributed by atoms with Crippen molar-refractivity contribution in [3.63, 3.8) is 0 Å². The normalized spacial score (nSPS) is 10.4. The summed E-state index contributed by atoms with van der Waals surface area (Å²) in [7, 11) is 0. The van der Waals surface area contributed by atoms with Gasteiger partial charge < -0.3 is 9.80 Å². The lowest BCUT2D eigenvalue weighted by Crippen LogP contribution is -2.36. The summed E-state index contributed by atoms with van der Waals surface area (Å²) in [4.78, 5) is 28.1. The Morgan fingerprint density at radius 1 is 1.04 bits per heavy atom. The second-order valence-corrected chi connectivity index (χ2v) is 6.26. The first-order chi connectivity index (χ1) is 11.9. The number of para-hydroxylation sites is 1. The summed E-state index contributed by atoms with van der Waals surface area (Å²) in [6.45, 7) is 6.26. The maximum atomic E-state index is 12.6. The van der Waals surface area contributed by atoms with Gasteiger partial charge in [0.2, 0.25) is 11.8 Å². The molecule has 4 nitrogen and oxygen atoms in total. The molecule has 2 amide bonds. The van der Waals surface area contributed by atoms with Gasteiger partial charge in [-0.3, -0.25) is 9.59 Å². The van der Waals surface area contributed by atoms with E-state index in [2.05, 4.69) is 0 Å². The Kier molecular flexibility index (Phi) is 6.59. The Balaban J connectivity index is 2.14. The minimum atomic E-state index is -0.110. The Labute approximate surface area is 154 Å². The smallest absolute Gasteiger partial charge is 0.228 e. The van der Waals surface area contributed by atoms with Crippen LogP contribution in [-0.2, 0) is 9.59 Å². The zero-order chi connectivity index (χ0) is 18.4. The van der Waals surface area contributed by atoms with E-state index in [0.717, 1.165) is 16.9 Å². The molecule has 0 heterocycles. The molecule has 0 aliphatic carbocycles. The van der Waals surface area contributed by atoms with Crippen molar-refractivity contribution in [1.29, 1.82) is 0 Å². The first-order valence-corrected chi connectivity index (χ1v) is 8.71. The fourth-order valence-corrected chi connectivity index (χ4v) is 2.94. The number of aryl methyl sites for hydroxylation is 1. The van der Waals surface area contributed by atoms with Crippen molar-refractivity contribution in [1.82, 2.24) is 0 Å². The van der Waals surface area contributed by atoms with Crippen LogP contribution in [-0.4, -0.2) is 24.9 Å². The van der Waals surface area contributed by atoms with Gasteiger partial charge >= 0.3 is 0 Å². The van der Waals surface area contributed by atoms with Crippen molar-refractivity contribution in [3.8, 4) is 0 Å². The second-order valence-electron chi connectivity index (χ2n) is 5.83. The van der Waals surface area contributed by atoms with E-state index >= 15 is 0 Å². The molecular formula is C20H23ClN2O2. The molecule has 0 aromatic heterocycles. The Morgan fingerprint density at radius 3 is 2.32 bits per heavy atom. The number of rotatable bonds is 6. The molecule has 2 rings (SSSR count). The van der Waals surface area contributed by atoms with Crippen molar-refractivity contribution >= 4 is 34.8 Å². The van der Waals surface area contributed by atoms with E-state index in [9.17, 15) is 9.59 Å². The first-order valence-electron chi connectivity index (χ1n) is 8.33. The van der Waals surface area contributed by atoms with Gasteiger partial charge in [0.25, 0.3) is 0 Å². The zero-order valence-corrected chi connectivity index (χ0v) is 15.6. The zero-order valence-electron chi connectivity index (χ0n) is 14.8. The fraction of sp³-hybridized carbons (Fsp3) is 0.300. The van der Waals surface area contributed by atoms with Crippen LogP contribution < -0.4 is 9.80 Å². The van der Waals surface area contributed by atoms with Crippen LogP contribution in [0.2, 0.25) is 5.02 Å². The molecule has 0 saturated heterocycles. The maximum Gasteiger partial charge on any atom is 0.228 e. The van der Waals surface area contributed by atoms with E-state index in [4.69, 9.17) is 11.6 Å². The summed E-state index contributed by atoms with van der Waals surface area (Å²) >= 11 is 6.07. The number of carbonyl (C=O) groups excluding carboxylic acids is 2. The van der Waals surface area contributed by atoms with Crippen LogP contribution in [0.3, 0.4) is 0 Å². The summed E-state index contributed by atoms with van der Waals surface area (Å²) < 4.78 is 0. The SMILES string of the molecule is CCN(C(=O)CCN(C(C)=O)c1cc(Cl)ccc1C)c1ccccc1. The predicted molar refractivity (Wildman–Crippen MR) is 103 cm³/mol. The monoisotopic (exact) mass is 358 g/mol. The number of anilines is 2. The highest BCUT2D eigenvalue weighted by molar-refractivity contribution is 6.31. The van der Waals surface area contributed by atoms with Crippen molar-refractivity contribution < 1.29 is 9.59 Å². The molecule has 2 aromatic carbocycles. The average Bonchev–Trinajstić information content (AvgIpc) is 2.59. The van der Waals surface area contributed by atoms with Crippen LogP contribution in [0.25, 0.3) is 0 Å². The quantitative estimate of drug-likeness (QED) is 0.765. The van der Waals surface area contributed by atoms with E-state index in [1.54, 1.807) is 21.9 Å². The molecule has 0 aliphatic heterocycles. The number of carbonyl (C=O) groups is 2. The lowest BCUT2D eigenvalue weighted by Gasteiger charge is -2.26. The first kappa shape index (κ1) is 19.0. The van der Waals surface area contributed by atoms with Crippen molar-refractivity contribution in [2.75, 3.05) is 22.9 Å². The fourth-order valence-electron chi connectivity index (χ4n) is 2.77. The number of hydrogen-bond donors (Lipinski definition) is 0. The molecule has 2 aromatic rings. The van der Waals surface area contributed by atoms with Crippen LogP contribution in [0.15, 0.2) is 48.5 Å². The van der Waals surface area contributed by atoms with Crippen LogP contribution in [0.5, 0.6) is 0 Å². The van der Waals surface area contributed by atoms with Gasteiger partial charge in [-0.05, 0) is 43.7 Å². The van der Waals surface area contributed by atoms with E-state index in [0.29, 0.717) is 18.1 Å². The van der Waals surface area contributed by atoms with Crippen LogP contribution in [0.1, 0.15) is 25.8 Å². The molecule has 0 N–H and O–H groups in total. The largest absolute Gasteiger partial charge is 0.313 e. The van der Waals surface area contributed by atoms with Crippen LogP contribution >= 0.6 is 11.6 Å². The van der Waals surface area contributed by atoms with Crippen molar-refractivity contribution in [2.24, 2.45) is 0 Å². The molecule has 0 saturated carbocycles. The Morgan fingerprint density at radius 2 is 1.72 bits per heavy atom. The van der Waals surface area contributed by atoms with Gasteiger partial charge in [0, 0.05) is 42.8 Å². The molecule has 0 bridgehead atoms.